The van der Waals surface area contributed by atoms with Gasteiger partial charge in [-0.15, -0.1) is 0 Å². The van der Waals surface area contributed by atoms with Crippen LogP contribution in [-0.4, -0.2) is 7.11 Å². The number of methoxy groups -OCH3 is 1. The van der Waals surface area contributed by atoms with Gasteiger partial charge in [0.2, 0.25) is 0 Å². The molecule has 106 valence electrons. The lowest BCUT2D eigenvalue weighted by atomic mass is 10.00. The standard InChI is InChI=1S/C18H14BrClO/c1-21-18-11-13-4-5-16(19)10-14(13)9-15(18)8-12-2-6-17(20)7-3-12/h2-7,9-11H,8H2,1H3. The summed E-state index contributed by atoms with van der Waals surface area (Å²) in [6, 6.07) is 18.5. The summed E-state index contributed by atoms with van der Waals surface area (Å²) in [5, 5.41) is 3.14. The first-order valence-corrected chi connectivity index (χ1v) is 7.83. The molecule has 0 N–H and O–H groups in total. The number of halogens is 2. The van der Waals surface area contributed by atoms with Gasteiger partial charge in [0.25, 0.3) is 0 Å². The van der Waals surface area contributed by atoms with E-state index in [1.807, 2.05) is 30.3 Å². The van der Waals surface area contributed by atoms with Crippen LogP contribution in [0.5, 0.6) is 5.75 Å². The second-order valence-corrected chi connectivity index (χ2v) is 6.31. The molecule has 3 aromatic rings. The molecule has 3 rings (SSSR count). The Morgan fingerprint density at radius 3 is 2.43 bits per heavy atom. The minimum Gasteiger partial charge on any atom is -0.496 e. The van der Waals surface area contributed by atoms with Crippen molar-refractivity contribution in [2.45, 2.75) is 6.42 Å². The number of fused-ring (bicyclic) bond motifs is 1. The van der Waals surface area contributed by atoms with Crippen LogP contribution in [-0.2, 0) is 6.42 Å². The molecule has 0 bridgehead atoms. The molecule has 1 nitrogen and oxygen atoms in total. The van der Waals surface area contributed by atoms with Gasteiger partial charge in [0.1, 0.15) is 5.75 Å². The fourth-order valence-corrected chi connectivity index (χ4v) is 2.95. The maximum Gasteiger partial charge on any atom is 0.123 e. The first-order chi connectivity index (χ1) is 10.2. The minimum absolute atomic E-state index is 0.758. The Labute approximate surface area is 137 Å². The predicted octanol–water partition coefficient (Wildman–Crippen LogP) is 5.86. The van der Waals surface area contributed by atoms with Crippen molar-refractivity contribution in [3.05, 3.63) is 75.2 Å². The molecule has 0 unspecified atom stereocenters. The molecule has 0 heterocycles. The summed E-state index contributed by atoms with van der Waals surface area (Å²) in [6.45, 7) is 0. The Bertz CT molecular complexity index is 781. The molecule has 0 aliphatic heterocycles. The van der Waals surface area contributed by atoms with E-state index < -0.39 is 0 Å². The third-order valence-corrected chi connectivity index (χ3v) is 4.25. The van der Waals surface area contributed by atoms with Crippen LogP contribution in [0.15, 0.2) is 59.1 Å². The molecular formula is C18H14BrClO. The zero-order valence-electron chi connectivity index (χ0n) is 11.6. The molecule has 0 fully saturated rings. The van der Waals surface area contributed by atoms with E-state index in [2.05, 4.69) is 40.2 Å². The summed E-state index contributed by atoms with van der Waals surface area (Å²) in [6.07, 6.45) is 0.822. The normalized spacial score (nSPS) is 10.8. The predicted molar refractivity (Wildman–Crippen MR) is 92.5 cm³/mol. The SMILES string of the molecule is COc1cc2ccc(Br)cc2cc1Cc1ccc(Cl)cc1. The van der Waals surface area contributed by atoms with Gasteiger partial charge in [-0.25, -0.2) is 0 Å². The molecule has 0 aliphatic carbocycles. The molecule has 0 atom stereocenters. The highest BCUT2D eigenvalue weighted by Gasteiger charge is 2.07. The minimum atomic E-state index is 0.758. The fraction of sp³-hybridized carbons (Fsp3) is 0.111. The summed E-state index contributed by atoms with van der Waals surface area (Å²) < 4.78 is 6.62. The number of benzene rings is 3. The average Bonchev–Trinajstić information content (AvgIpc) is 2.49. The van der Waals surface area contributed by atoms with Crippen LogP contribution < -0.4 is 4.74 Å². The molecule has 0 aliphatic rings. The van der Waals surface area contributed by atoms with Gasteiger partial charge in [-0.1, -0.05) is 45.7 Å². The van der Waals surface area contributed by atoms with Crippen molar-refractivity contribution in [3.63, 3.8) is 0 Å². The van der Waals surface area contributed by atoms with Gasteiger partial charge in [-0.2, -0.15) is 0 Å². The van der Waals surface area contributed by atoms with Crippen molar-refractivity contribution in [1.29, 1.82) is 0 Å². The maximum atomic E-state index is 5.94. The lowest BCUT2D eigenvalue weighted by Gasteiger charge is -2.11. The first-order valence-electron chi connectivity index (χ1n) is 6.66. The van der Waals surface area contributed by atoms with E-state index in [0.717, 1.165) is 21.7 Å². The smallest absolute Gasteiger partial charge is 0.123 e. The van der Waals surface area contributed by atoms with Crippen molar-refractivity contribution in [2.75, 3.05) is 7.11 Å². The zero-order valence-corrected chi connectivity index (χ0v) is 13.9. The average molecular weight is 362 g/mol. The van der Waals surface area contributed by atoms with Crippen molar-refractivity contribution < 1.29 is 4.74 Å². The van der Waals surface area contributed by atoms with Crippen molar-refractivity contribution in [3.8, 4) is 5.75 Å². The van der Waals surface area contributed by atoms with E-state index in [0.29, 0.717) is 0 Å². The molecule has 0 amide bonds. The van der Waals surface area contributed by atoms with Crippen molar-refractivity contribution in [1.82, 2.24) is 0 Å². The quantitative estimate of drug-likeness (QED) is 0.568. The number of hydrogen-bond donors (Lipinski definition) is 0. The monoisotopic (exact) mass is 360 g/mol. The van der Waals surface area contributed by atoms with Crippen LogP contribution in [0, 0.1) is 0 Å². The van der Waals surface area contributed by atoms with Crippen LogP contribution >= 0.6 is 27.5 Å². The maximum absolute atomic E-state index is 5.94. The van der Waals surface area contributed by atoms with Crippen LogP contribution in [0.2, 0.25) is 5.02 Å². The first kappa shape index (κ1) is 14.4. The zero-order chi connectivity index (χ0) is 14.8. The molecule has 0 radical (unpaired) electrons. The van der Waals surface area contributed by atoms with E-state index in [-0.39, 0.29) is 0 Å². The Balaban J connectivity index is 2.05. The highest BCUT2D eigenvalue weighted by atomic mass is 79.9. The van der Waals surface area contributed by atoms with Crippen LogP contribution in [0.1, 0.15) is 11.1 Å². The summed E-state index contributed by atoms with van der Waals surface area (Å²) in [5.74, 6) is 0.916. The number of rotatable bonds is 3. The molecular weight excluding hydrogens is 348 g/mol. The molecule has 0 saturated carbocycles. The Morgan fingerprint density at radius 1 is 0.952 bits per heavy atom. The van der Waals surface area contributed by atoms with Gasteiger partial charge in [0.05, 0.1) is 7.11 Å². The number of hydrogen-bond acceptors (Lipinski definition) is 1. The highest BCUT2D eigenvalue weighted by Crippen LogP contribution is 2.29. The van der Waals surface area contributed by atoms with Crippen LogP contribution in [0.25, 0.3) is 10.8 Å². The van der Waals surface area contributed by atoms with Gasteiger partial charge >= 0.3 is 0 Å². The van der Waals surface area contributed by atoms with Gasteiger partial charge in [0, 0.05) is 15.9 Å². The van der Waals surface area contributed by atoms with Gasteiger partial charge in [-0.05, 0) is 58.3 Å². The molecule has 3 aromatic carbocycles. The molecule has 0 spiro atoms. The summed E-state index contributed by atoms with van der Waals surface area (Å²) in [4.78, 5) is 0. The Morgan fingerprint density at radius 2 is 1.71 bits per heavy atom. The Hall–Kier alpha value is -1.51. The molecule has 0 aromatic heterocycles. The lowest BCUT2D eigenvalue weighted by Crippen LogP contribution is -1.94. The largest absolute Gasteiger partial charge is 0.496 e. The van der Waals surface area contributed by atoms with Gasteiger partial charge in [-0.3, -0.25) is 0 Å². The molecule has 21 heavy (non-hydrogen) atoms. The second-order valence-electron chi connectivity index (χ2n) is 4.96. The lowest BCUT2D eigenvalue weighted by molar-refractivity contribution is 0.411. The number of ether oxygens (including phenoxy) is 1. The van der Waals surface area contributed by atoms with Crippen LogP contribution in [0.4, 0.5) is 0 Å². The van der Waals surface area contributed by atoms with Gasteiger partial charge < -0.3 is 4.74 Å². The van der Waals surface area contributed by atoms with E-state index in [9.17, 15) is 0 Å². The third-order valence-electron chi connectivity index (χ3n) is 3.51. The van der Waals surface area contributed by atoms with E-state index >= 15 is 0 Å². The highest BCUT2D eigenvalue weighted by molar-refractivity contribution is 9.10. The second kappa shape index (κ2) is 6.08. The third kappa shape index (κ3) is 3.22. The van der Waals surface area contributed by atoms with Crippen LogP contribution in [0.3, 0.4) is 0 Å². The summed E-state index contributed by atoms with van der Waals surface area (Å²) in [5.41, 5.74) is 2.39. The van der Waals surface area contributed by atoms with E-state index in [1.165, 1.54) is 21.9 Å². The van der Waals surface area contributed by atoms with Crippen molar-refractivity contribution in [2.24, 2.45) is 0 Å². The van der Waals surface area contributed by atoms with E-state index in [1.54, 1.807) is 7.11 Å². The topological polar surface area (TPSA) is 9.23 Å². The fourth-order valence-electron chi connectivity index (χ4n) is 2.45. The summed E-state index contributed by atoms with van der Waals surface area (Å²) in [7, 11) is 1.71. The van der Waals surface area contributed by atoms with Gasteiger partial charge in [0.15, 0.2) is 0 Å². The summed E-state index contributed by atoms with van der Waals surface area (Å²) >= 11 is 9.46. The van der Waals surface area contributed by atoms with E-state index in [4.69, 9.17) is 16.3 Å². The van der Waals surface area contributed by atoms with Crippen molar-refractivity contribution >= 4 is 38.3 Å². The molecule has 3 heteroatoms. The molecule has 0 saturated heterocycles. The Kier molecular flexibility index (Phi) is 4.18.